The molecule has 37 heavy (non-hydrogen) atoms. The largest absolute Gasteiger partial charge is 0.475 e. The number of nitrogens with two attached hydrogens (primary N) is 1. The molecule has 3 fully saturated rings. The van der Waals surface area contributed by atoms with Crippen LogP contribution in [0.5, 0.6) is 0 Å². The minimum atomic E-state index is -3.82. The molecule has 3 N–H and O–H groups in total. The summed E-state index contributed by atoms with van der Waals surface area (Å²) in [4.78, 5) is 11.4. The first-order chi connectivity index (χ1) is 17.9. The summed E-state index contributed by atoms with van der Waals surface area (Å²) in [5.74, 6) is 1.52. The number of rotatable bonds is 6. The minimum Gasteiger partial charge on any atom is -0.370 e. The Morgan fingerprint density at radius 2 is 2.08 bits per heavy atom. The van der Waals surface area contributed by atoms with E-state index in [-0.39, 0.29) is 18.7 Å². The van der Waals surface area contributed by atoms with Gasteiger partial charge in [0.05, 0.1) is 25.6 Å². The van der Waals surface area contributed by atoms with E-state index in [2.05, 4.69) is 27.9 Å². The van der Waals surface area contributed by atoms with Crippen LogP contribution in [0.15, 0.2) is 30.6 Å². The molecule has 0 bridgehead atoms. The molecule has 0 radical (unpaired) electrons. The van der Waals surface area contributed by atoms with Crippen LogP contribution in [0.25, 0.3) is 11.2 Å². The van der Waals surface area contributed by atoms with Crippen molar-refractivity contribution in [3.8, 4) is 0 Å². The van der Waals surface area contributed by atoms with Crippen LogP contribution in [-0.2, 0) is 34.2 Å². The second kappa shape index (κ2) is 10.6. The topological polar surface area (TPSA) is 136 Å². The van der Waals surface area contributed by atoms with Crippen LogP contribution in [0.1, 0.15) is 23.8 Å². The molecule has 15 heteroatoms. The Bertz CT molecular complexity index is 1400. The summed E-state index contributed by atoms with van der Waals surface area (Å²) in [7, 11) is -0.454. The highest BCUT2D eigenvalue weighted by Crippen LogP contribution is 2.58. The molecule has 1 aromatic carbocycles. The molecule has 0 saturated carbocycles. The van der Waals surface area contributed by atoms with Crippen LogP contribution in [0, 0.1) is 11.6 Å². The van der Waals surface area contributed by atoms with E-state index in [1.807, 2.05) is 18.2 Å². The lowest BCUT2D eigenvalue weighted by Crippen LogP contribution is -2.40. The van der Waals surface area contributed by atoms with E-state index in [0.717, 1.165) is 11.1 Å². The maximum Gasteiger partial charge on any atom is 0.475 e. The van der Waals surface area contributed by atoms with Crippen molar-refractivity contribution in [2.75, 3.05) is 23.8 Å². The molecule has 6 atom stereocenters. The first-order valence-electron chi connectivity index (χ1n) is 11.8. The fourth-order valence-corrected chi connectivity index (χ4v) is 8.93. The van der Waals surface area contributed by atoms with Crippen molar-refractivity contribution in [3.63, 3.8) is 0 Å². The van der Waals surface area contributed by atoms with Gasteiger partial charge in [-0.25, -0.2) is 14.5 Å². The highest BCUT2D eigenvalue weighted by Gasteiger charge is 2.49. The number of aryl methyl sites for hydroxylation is 1. The third kappa shape index (κ3) is 5.36. The number of hydrogen-bond acceptors (Lipinski definition) is 12. The zero-order valence-electron chi connectivity index (χ0n) is 19.8. The van der Waals surface area contributed by atoms with Crippen LogP contribution in [0.2, 0.25) is 0 Å². The van der Waals surface area contributed by atoms with Crippen molar-refractivity contribution in [2.24, 2.45) is 0 Å². The molecule has 3 aromatic rings. The number of nitrogen functional groups attached to an aromatic ring is 1. The molecule has 0 aliphatic carbocycles. The maximum absolute atomic E-state index is 13.6. The normalized spacial score (nSPS) is 32.0. The van der Waals surface area contributed by atoms with Gasteiger partial charge in [-0.15, -0.1) is 0 Å². The van der Waals surface area contributed by atoms with E-state index in [1.54, 1.807) is 32.5 Å². The number of anilines is 1. The van der Waals surface area contributed by atoms with Crippen LogP contribution < -0.4 is 5.73 Å². The SMILES string of the molecule is Cc1ccccc1CO[C@H]1CSSC[C@@H]1O[P@]1(=O)OC[C@H]2O[C@@H](n3cnc4c(=S)nc(N)[nH]c43)C[C@@H]2O1. The zero-order valence-corrected chi connectivity index (χ0v) is 23.2. The highest BCUT2D eigenvalue weighted by atomic mass is 33.1. The number of fused-ring (bicyclic) bond motifs is 2. The van der Waals surface area contributed by atoms with E-state index in [0.29, 0.717) is 40.3 Å². The molecule has 2 aromatic heterocycles. The fourth-order valence-electron chi connectivity index (χ4n) is 4.55. The van der Waals surface area contributed by atoms with E-state index >= 15 is 0 Å². The number of aromatic nitrogens is 4. The number of benzene rings is 1. The molecular weight excluding hydrogens is 557 g/mol. The van der Waals surface area contributed by atoms with Gasteiger partial charge in [0, 0.05) is 17.9 Å². The monoisotopic (exact) mass is 583 g/mol. The Labute approximate surface area is 226 Å². The Hall–Kier alpha value is -1.48. The van der Waals surface area contributed by atoms with Gasteiger partial charge in [-0.2, -0.15) is 0 Å². The second-order valence-electron chi connectivity index (χ2n) is 9.02. The van der Waals surface area contributed by atoms with E-state index in [1.165, 1.54) is 0 Å². The molecule has 198 valence electrons. The number of phosphoric acid groups is 1. The van der Waals surface area contributed by atoms with Crippen LogP contribution in [0.4, 0.5) is 5.95 Å². The lowest BCUT2D eigenvalue weighted by Gasteiger charge is -2.35. The summed E-state index contributed by atoms with van der Waals surface area (Å²) in [6.07, 6.45) is 0.0653. The zero-order chi connectivity index (χ0) is 25.6. The smallest absolute Gasteiger partial charge is 0.370 e. The molecule has 0 spiro atoms. The average Bonchev–Trinajstić information content (AvgIpc) is 3.48. The molecule has 3 aliphatic heterocycles. The Kier molecular flexibility index (Phi) is 7.38. The first kappa shape index (κ1) is 25.8. The van der Waals surface area contributed by atoms with Crippen molar-refractivity contribution in [2.45, 2.75) is 50.6 Å². The van der Waals surface area contributed by atoms with Gasteiger partial charge in [-0.1, -0.05) is 58.1 Å². The molecule has 6 rings (SSSR count). The summed E-state index contributed by atoms with van der Waals surface area (Å²) in [6.45, 7) is 2.60. The molecule has 0 unspecified atom stereocenters. The highest BCUT2D eigenvalue weighted by molar-refractivity contribution is 8.76. The van der Waals surface area contributed by atoms with Crippen molar-refractivity contribution >= 4 is 58.7 Å². The Morgan fingerprint density at radius 3 is 2.92 bits per heavy atom. The van der Waals surface area contributed by atoms with Crippen molar-refractivity contribution in [1.29, 1.82) is 0 Å². The maximum atomic E-state index is 13.6. The van der Waals surface area contributed by atoms with Gasteiger partial charge in [-0.05, 0) is 18.1 Å². The van der Waals surface area contributed by atoms with Crippen molar-refractivity contribution in [1.82, 2.24) is 19.5 Å². The lowest BCUT2D eigenvalue weighted by atomic mass is 10.1. The molecular formula is C22H26N5O6PS3. The predicted molar refractivity (Wildman–Crippen MR) is 144 cm³/mol. The third-order valence-electron chi connectivity index (χ3n) is 6.56. The summed E-state index contributed by atoms with van der Waals surface area (Å²) < 4.78 is 45.6. The van der Waals surface area contributed by atoms with Crippen molar-refractivity contribution in [3.05, 3.63) is 46.4 Å². The van der Waals surface area contributed by atoms with Crippen LogP contribution >= 0.6 is 41.6 Å². The number of imidazole rings is 1. The van der Waals surface area contributed by atoms with Gasteiger partial charge >= 0.3 is 7.82 Å². The van der Waals surface area contributed by atoms with Gasteiger partial charge < -0.3 is 20.2 Å². The first-order valence-corrected chi connectivity index (χ1v) is 16.1. The van der Waals surface area contributed by atoms with Gasteiger partial charge in [0.25, 0.3) is 0 Å². The number of nitrogens with zero attached hydrogens (tertiary/aromatic N) is 3. The van der Waals surface area contributed by atoms with E-state index < -0.39 is 32.4 Å². The number of hydrogen-bond donors (Lipinski definition) is 2. The second-order valence-corrected chi connectivity index (χ2v) is 13.5. The van der Waals surface area contributed by atoms with Crippen LogP contribution in [0.3, 0.4) is 0 Å². The summed E-state index contributed by atoms with van der Waals surface area (Å²) in [6, 6.07) is 8.10. The molecule has 11 nitrogen and oxygen atoms in total. The standard InChI is InChI=1S/C22H26N5O6PS3/c1-12-4-2-3-5-13(12)7-29-16-9-36-37-10-17(16)33-34(28)30-8-15-14(32-34)6-18(31-15)27-11-24-19-20(27)25-22(23)26-21(19)35/h2-5,11,14-18H,6-10H2,1H3,(H3,23,25,26,35)/t14-,15+,16-,17-,18+,34+/m0/s1. The number of H-pyrrole nitrogens is 1. The van der Waals surface area contributed by atoms with Crippen molar-refractivity contribution < 1.29 is 27.6 Å². The van der Waals surface area contributed by atoms with Gasteiger partial charge in [0.1, 0.15) is 35.7 Å². The third-order valence-corrected chi connectivity index (χ3v) is 10.8. The quantitative estimate of drug-likeness (QED) is 0.239. The number of nitrogens with one attached hydrogen (secondary N) is 1. The van der Waals surface area contributed by atoms with Crippen LogP contribution in [-0.4, -0.2) is 62.0 Å². The predicted octanol–water partition coefficient (Wildman–Crippen LogP) is 4.56. The number of ether oxygens (including phenoxy) is 2. The number of phosphoric ester groups is 1. The Morgan fingerprint density at radius 1 is 1.27 bits per heavy atom. The van der Waals surface area contributed by atoms with Gasteiger partial charge in [0.15, 0.2) is 10.6 Å². The van der Waals surface area contributed by atoms with Gasteiger partial charge in [0.2, 0.25) is 0 Å². The minimum absolute atomic E-state index is 0.0914. The summed E-state index contributed by atoms with van der Waals surface area (Å²) in [5, 5.41) is 0. The van der Waals surface area contributed by atoms with E-state index in [9.17, 15) is 4.57 Å². The molecule has 3 aliphatic rings. The molecule has 0 amide bonds. The summed E-state index contributed by atoms with van der Waals surface area (Å²) in [5.41, 5.74) is 9.25. The number of aromatic amines is 1. The average molecular weight is 584 g/mol. The molecule has 5 heterocycles. The van der Waals surface area contributed by atoms with Gasteiger partial charge in [-0.3, -0.25) is 18.1 Å². The Balaban J connectivity index is 1.12. The summed E-state index contributed by atoms with van der Waals surface area (Å²) >= 11 is 5.26. The molecule has 3 saturated heterocycles. The van der Waals surface area contributed by atoms with E-state index in [4.69, 9.17) is 41.0 Å². The fraction of sp³-hybridized carbons (Fsp3) is 0.500. The lowest BCUT2D eigenvalue weighted by molar-refractivity contribution is -0.0850.